The van der Waals surface area contributed by atoms with Crippen molar-refractivity contribution in [3.8, 4) is 0 Å². The molecule has 0 aromatic heterocycles. The van der Waals surface area contributed by atoms with E-state index in [9.17, 15) is 15.0 Å². The van der Waals surface area contributed by atoms with Gasteiger partial charge in [-0.25, -0.2) is 0 Å². The molecule has 5 nitrogen and oxygen atoms in total. The van der Waals surface area contributed by atoms with E-state index < -0.39 is 12.1 Å². The van der Waals surface area contributed by atoms with Gasteiger partial charge in [0.2, 0.25) is 5.91 Å². The van der Waals surface area contributed by atoms with Crippen LogP contribution in [0.3, 0.4) is 0 Å². The molecule has 0 aromatic carbocycles. The number of unbranched alkanes of at least 4 members (excludes halogenated alkanes) is 10. The van der Waals surface area contributed by atoms with Gasteiger partial charge in [-0.1, -0.05) is 71.1 Å². The molecular weight excluding hydrogens is 318 g/mol. The normalized spacial score (nSPS) is 15.7. The molecule has 25 heavy (non-hydrogen) atoms. The summed E-state index contributed by atoms with van der Waals surface area (Å²) in [5.41, 5.74) is 0. The third-order valence-corrected chi connectivity index (χ3v) is 4.71. The van der Waals surface area contributed by atoms with Gasteiger partial charge in [-0.3, -0.25) is 4.79 Å². The summed E-state index contributed by atoms with van der Waals surface area (Å²) in [5.74, 6) is 1.08. The Morgan fingerprint density at radius 1 is 1.00 bits per heavy atom. The smallest absolute Gasteiger partial charge is 0.217 e. The lowest BCUT2D eigenvalue weighted by Gasteiger charge is -2.17. The number of nitrogens with one attached hydrogen (secondary N) is 1. The number of hydrogen-bond acceptors (Lipinski definition) is 4. The molecular formula is C20H37NO4. The van der Waals surface area contributed by atoms with Crippen LogP contribution in [-0.2, 0) is 9.53 Å². The fourth-order valence-corrected chi connectivity index (χ4v) is 3.12. The van der Waals surface area contributed by atoms with E-state index in [-0.39, 0.29) is 12.5 Å². The van der Waals surface area contributed by atoms with Crippen LogP contribution in [0.4, 0.5) is 0 Å². The molecule has 1 amide bonds. The number of hydrogen-bond donors (Lipinski definition) is 3. The van der Waals surface area contributed by atoms with Crippen LogP contribution in [0.2, 0.25) is 0 Å². The topological polar surface area (TPSA) is 82.1 Å². The Bertz CT molecular complexity index is 409. The molecule has 0 aliphatic carbocycles. The lowest BCUT2D eigenvalue weighted by molar-refractivity contribution is -0.120. The highest BCUT2D eigenvalue weighted by Gasteiger charge is 2.36. The molecule has 1 aliphatic rings. The van der Waals surface area contributed by atoms with Crippen molar-refractivity contribution in [3.63, 3.8) is 0 Å². The first-order valence-corrected chi connectivity index (χ1v) is 10.1. The molecule has 0 radical (unpaired) electrons. The maximum atomic E-state index is 11.0. The molecule has 0 spiro atoms. The maximum absolute atomic E-state index is 11.0. The summed E-state index contributed by atoms with van der Waals surface area (Å²) in [6.45, 7) is 3.31. The lowest BCUT2D eigenvalue weighted by atomic mass is 10.0. The summed E-state index contributed by atoms with van der Waals surface area (Å²) in [7, 11) is 0. The standard InChI is InChI=1S/C20H37NO4/c1-3-4-5-6-7-8-9-10-11-12-13-14-18-20(25-18)19(24)17(15-22)21-16(2)23/h17,19,22,24H,3-15H2,1-2H3,(H,21,23). The monoisotopic (exact) mass is 355 g/mol. The first-order valence-electron chi connectivity index (χ1n) is 10.1. The predicted molar refractivity (Wildman–Crippen MR) is 99.9 cm³/mol. The van der Waals surface area contributed by atoms with Crippen molar-refractivity contribution in [2.75, 3.05) is 6.61 Å². The number of allylic oxidation sites excluding steroid dienone is 1. The van der Waals surface area contributed by atoms with Gasteiger partial charge in [-0.15, -0.1) is 0 Å². The zero-order valence-electron chi connectivity index (χ0n) is 16.1. The van der Waals surface area contributed by atoms with Crippen molar-refractivity contribution < 1.29 is 19.7 Å². The average molecular weight is 356 g/mol. The molecule has 146 valence electrons. The van der Waals surface area contributed by atoms with Crippen molar-refractivity contribution in [3.05, 3.63) is 11.5 Å². The third-order valence-electron chi connectivity index (χ3n) is 4.71. The van der Waals surface area contributed by atoms with Gasteiger partial charge in [0.05, 0.1) is 12.6 Å². The van der Waals surface area contributed by atoms with Crippen molar-refractivity contribution in [1.29, 1.82) is 0 Å². The number of aliphatic hydroxyl groups is 2. The molecule has 1 heterocycles. The first kappa shape index (κ1) is 22.0. The summed E-state index contributed by atoms with van der Waals surface area (Å²) in [6.07, 6.45) is 14.2. The minimum Gasteiger partial charge on any atom is -0.456 e. The molecule has 1 rings (SSSR count). The van der Waals surface area contributed by atoms with Gasteiger partial charge in [0, 0.05) is 13.3 Å². The van der Waals surface area contributed by atoms with Crippen LogP contribution in [0.5, 0.6) is 0 Å². The molecule has 3 N–H and O–H groups in total. The number of carbonyl (C=O) groups excluding carboxylic acids is 1. The van der Waals surface area contributed by atoms with E-state index in [1.54, 1.807) is 0 Å². The van der Waals surface area contributed by atoms with Crippen LogP contribution in [0.1, 0.15) is 90.9 Å². The molecule has 0 fully saturated rings. The van der Waals surface area contributed by atoms with Crippen LogP contribution in [0, 0.1) is 0 Å². The number of aliphatic hydroxyl groups excluding tert-OH is 2. The minimum absolute atomic E-state index is 0.272. The van der Waals surface area contributed by atoms with Gasteiger partial charge in [0.1, 0.15) is 11.9 Å². The number of amides is 1. The van der Waals surface area contributed by atoms with Crippen LogP contribution < -0.4 is 5.32 Å². The summed E-state index contributed by atoms with van der Waals surface area (Å²) in [6, 6.07) is -0.692. The summed E-state index contributed by atoms with van der Waals surface area (Å²) < 4.78 is 5.36. The number of ether oxygens (including phenoxy) is 1. The van der Waals surface area contributed by atoms with Crippen LogP contribution in [0.25, 0.3) is 0 Å². The highest BCUT2D eigenvalue weighted by Crippen LogP contribution is 2.34. The number of carbonyl (C=O) groups is 1. The Morgan fingerprint density at radius 3 is 2.00 bits per heavy atom. The second-order valence-corrected chi connectivity index (χ2v) is 7.11. The van der Waals surface area contributed by atoms with E-state index in [4.69, 9.17) is 4.74 Å². The molecule has 0 saturated carbocycles. The highest BCUT2D eigenvalue weighted by molar-refractivity contribution is 5.73. The molecule has 0 aromatic rings. The highest BCUT2D eigenvalue weighted by atomic mass is 16.6. The summed E-state index contributed by atoms with van der Waals surface area (Å²) >= 11 is 0. The molecule has 0 saturated heterocycles. The van der Waals surface area contributed by atoms with Crippen molar-refractivity contribution in [1.82, 2.24) is 5.32 Å². The van der Waals surface area contributed by atoms with Gasteiger partial charge in [0.25, 0.3) is 0 Å². The quantitative estimate of drug-likeness (QED) is 0.368. The van der Waals surface area contributed by atoms with Gasteiger partial charge < -0.3 is 20.3 Å². The zero-order valence-corrected chi connectivity index (χ0v) is 16.1. The fourth-order valence-electron chi connectivity index (χ4n) is 3.12. The molecule has 0 bridgehead atoms. The van der Waals surface area contributed by atoms with E-state index in [0.717, 1.165) is 18.6 Å². The second-order valence-electron chi connectivity index (χ2n) is 7.11. The van der Waals surface area contributed by atoms with E-state index in [0.29, 0.717) is 5.76 Å². The van der Waals surface area contributed by atoms with Crippen molar-refractivity contribution in [2.24, 2.45) is 0 Å². The van der Waals surface area contributed by atoms with Crippen LogP contribution >= 0.6 is 0 Å². The lowest BCUT2D eigenvalue weighted by Crippen LogP contribution is -2.44. The van der Waals surface area contributed by atoms with E-state index in [2.05, 4.69) is 12.2 Å². The molecule has 2 unspecified atom stereocenters. The van der Waals surface area contributed by atoms with Gasteiger partial charge in [-0.2, -0.15) is 0 Å². The predicted octanol–water partition coefficient (Wildman–Crippen LogP) is 3.79. The number of rotatable bonds is 16. The van der Waals surface area contributed by atoms with Crippen molar-refractivity contribution in [2.45, 2.75) is 103 Å². The SMILES string of the molecule is CCCCCCCCCCCCCC1=C(C(O)C(CO)NC(C)=O)O1. The fraction of sp³-hybridized carbons (Fsp3) is 0.850. The Morgan fingerprint density at radius 2 is 1.52 bits per heavy atom. The summed E-state index contributed by atoms with van der Waals surface area (Å²) in [5, 5.41) is 21.9. The van der Waals surface area contributed by atoms with E-state index in [1.165, 1.54) is 71.1 Å². The van der Waals surface area contributed by atoms with Gasteiger partial charge in [-0.05, 0) is 6.42 Å². The Hall–Kier alpha value is -1.07. The van der Waals surface area contributed by atoms with Crippen LogP contribution in [0.15, 0.2) is 11.5 Å². The Labute approximate surface area is 152 Å². The molecule has 5 heteroatoms. The van der Waals surface area contributed by atoms with Gasteiger partial charge >= 0.3 is 0 Å². The average Bonchev–Trinajstić information content (AvgIpc) is 3.36. The Kier molecular flexibility index (Phi) is 11.6. The first-order chi connectivity index (χ1) is 12.1. The van der Waals surface area contributed by atoms with E-state index in [1.807, 2.05) is 0 Å². The molecule has 2 atom stereocenters. The minimum atomic E-state index is -0.948. The molecule has 1 aliphatic heterocycles. The largest absolute Gasteiger partial charge is 0.456 e. The second kappa shape index (κ2) is 13.2. The van der Waals surface area contributed by atoms with E-state index >= 15 is 0 Å². The zero-order chi connectivity index (χ0) is 18.5. The van der Waals surface area contributed by atoms with Crippen LogP contribution in [-0.4, -0.2) is 34.9 Å². The van der Waals surface area contributed by atoms with Crippen molar-refractivity contribution >= 4 is 5.91 Å². The Balaban J connectivity index is 2.01. The third kappa shape index (κ3) is 9.85. The maximum Gasteiger partial charge on any atom is 0.217 e. The summed E-state index contributed by atoms with van der Waals surface area (Å²) in [4.78, 5) is 11.0. The van der Waals surface area contributed by atoms with Gasteiger partial charge in [0.15, 0.2) is 5.76 Å².